The first-order valence-electron chi connectivity index (χ1n) is 5.79. The Balaban J connectivity index is 2.61. The number of carbonyl (C=O) groups is 1. The highest BCUT2D eigenvalue weighted by Crippen LogP contribution is 2.25. The highest BCUT2D eigenvalue weighted by Gasteiger charge is 2.24. The van der Waals surface area contributed by atoms with Crippen LogP contribution in [0.5, 0.6) is 5.75 Å². The summed E-state index contributed by atoms with van der Waals surface area (Å²) >= 11 is 0. The molecule has 2 nitrogen and oxygen atoms in total. The van der Waals surface area contributed by atoms with Crippen molar-refractivity contribution in [3.05, 3.63) is 64.5 Å². The van der Waals surface area contributed by atoms with Gasteiger partial charge in [-0.05, 0) is 30.7 Å². The fraction of sp³-hybridized carbons (Fsp3) is 0.133. The largest absolute Gasteiger partial charge is 0.494 e. The summed E-state index contributed by atoms with van der Waals surface area (Å²) in [6, 6.07) is 6.03. The number of aryl methyl sites for hydroxylation is 1. The molecular weight excluding hydrogens is 269 g/mol. The summed E-state index contributed by atoms with van der Waals surface area (Å²) in [5.74, 6) is -4.18. The van der Waals surface area contributed by atoms with Gasteiger partial charge in [0.15, 0.2) is 11.6 Å². The summed E-state index contributed by atoms with van der Waals surface area (Å²) in [6.45, 7) is 1.40. The molecule has 20 heavy (non-hydrogen) atoms. The Labute approximate surface area is 113 Å². The predicted molar refractivity (Wildman–Crippen MR) is 67.5 cm³/mol. The van der Waals surface area contributed by atoms with E-state index in [1.807, 2.05) is 0 Å². The number of carbonyl (C=O) groups excluding carboxylic acids is 1. The van der Waals surface area contributed by atoms with Gasteiger partial charge in [-0.2, -0.15) is 0 Å². The lowest BCUT2D eigenvalue weighted by Gasteiger charge is -2.09. The molecule has 2 aromatic carbocycles. The summed E-state index contributed by atoms with van der Waals surface area (Å²) in [7, 11) is 1.24. The molecule has 0 saturated carbocycles. The van der Waals surface area contributed by atoms with Crippen LogP contribution in [-0.4, -0.2) is 12.9 Å². The van der Waals surface area contributed by atoms with E-state index in [2.05, 4.69) is 0 Å². The van der Waals surface area contributed by atoms with E-state index in [0.717, 1.165) is 12.1 Å². The first-order chi connectivity index (χ1) is 9.47. The molecular formula is C15H11F3O2. The van der Waals surface area contributed by atoms with Gasteiger partial charge in [0.1, 0.15) is 11.6 Å². The molecule has 0 aliphatic rings. The first kappa shape index (κ1) is 14.1. The van der Waals surface area contributed by atoms with E-state index in [1.54, 1.807) is 0 Å². The quantitative estimate of drug-likeness (QED) is 0.802. The third-order valence-corrected chi connectivity index (χ3v) is 2.94. The molecule has 5 heteroatoms. The average Bonchev–Trinajstić information content (AvgIpc) is 2.43. The molecule has 0 aromatic heterocycles. The van der Waals surface area contributed by atoms with Crippen molar-refractivity contribution >= 4 is 5.78 Å². The molecule has 0 N–H and O–H groups in total. The Bertz CT molecular complexity index is 681. The summed E-state index contributed by atoms with van der Waals surface area (Å²) in [6.07, 6.45) is 0. The summed E-state index contributed by atoms with van der Waals surface area (Å²) < 4.78 is 46.3. The van der Waals surface area contributed by atoms with Crippen LogP contribution in [0.2, 0.25) is 0 Å². The van der Waals surface area contributed by atoms with E-state index in [4.69, 9.17) is 4.74 Å². The molecule has 2 aromatic rings. The van der Waals surface area contributed by atoms with E-state index in [1.165, 1.54) is 32.2 Å². The van der Waals surface area contributed by atoms with Crippen LogP contribution in [0.25, 0.3) is 0 Å². The van der Waals surface area contributed by atoms with Crippen LogP contribution >= 0.6 is 0 Å². The lowest BCUT2D eigenvalue weighted by molar-refractivity contribution is 0.102. The number of methoxy groups -OCH3 is 1. The van der Waals surface area contributed by atoms with Gasteiger partial charge >= 0.3 is 0 Å². The Hall–Kier alpha value is -2.30. The van der Waals surface area contributed by atoms with Crippen molar-refractivity contribution in [2.45, 2.75) is 6.92 Å². The number of ketones is 1. The average molecular weight is 280 g/mol. The number of hydrogen-bond acceptors (Lipinski definition) is 2. The number of ether oxygens (including phenoxy) is 1. The molecule has 0 heterocycles. The van der Waals surface area contributed by atoms with Crippen LogP contribution in [0.3, 0.4) is 0 Å². The fourth-order valence-corrected chi connectivity index (χ4v) is 1.84. The zero-order valence-corrected chi connectivity index (χ0v) is 10.8. The third kappa shape index (κ3) is 2.27. The van der Waals surface area contributed by atoms with Crippen LogP contribution in [0.15, 0.2) is 30.3 Å². The topological polar surface area (TPSA) is 26.3 Å². The molecule has 0 fully saturated rings. The molecule has 104 valence electrons. The molecule has 0 saturated heterocycles. The van der Waals surface area contributed by atoms with Crippen molar-refractivity contribution < 1.29 is 22.7 Å². The molecule has 0 amide bonds. The molecule has 0 radical (unpaired) electrons. The van der Waals surface area contributed by atoms with Gasteiger partial charge in [-0.15, -0.1) is 0 Å². The Morgan fingerprint density at radius 2 is 1.75 bits per heavy atom. The minimum atomic E-state index is -1.06. The zero-order valence-electron chi connectivity index (χ0n) is 10.8. The SMILES string of the molecule is COc1cccc(C(=O)c2c(F)ccc(C)c2F)c1F. The van der Waals surface area contributed by atoms with E-state index >= 15 is 0 Å². The maximum atomic E-state index is 14.0. The number of rotatable bonds is 3. The Kier molecular flexibility index (Phi) is 3.79. The second-order valence-electron chi connectivity index (χ2n) is 4.20. The third-order valence-electron chi connectivity index (χ3n) is 2.94. The first-order valence-corrected chi connectivity index (χ1v) is 5.79. The standard InChI is InChI=1S/C15H11F3O2/c1-8-6-7-10(16)12(13(8)17)15(19)9-4-3-5-11(20-2)14(9)18/h3-7H,1-2H3. The van der Waals surface area contributed by atoms with Gasteiger partial charge in [0.25, 0.3) is 0 Å². The smallest absolute Gasteiger partial charge is 0.202 e. The van der Waals surface area contributed by atoms with Crippen LogP contribution in [0.4, 0.5) is 13.2 Å². The Morgan fingerprint density at radius 3 is 2.40 bits per heavy atom. The van der Waals surface area contributed by atoms with Gasteiger partial charge in [-0.1, -0.05) is 12.1 Å². The van der Waals surface area contributed by atoms with E-state index in [9.17, 15) is 18.0 Å². The number of halogens is 3. The van der Waals surface area contributed by atoms with Gasteiger partial charge in [-0.3, -0.25) is 4.79 Å². The summed E-state index contributed by atoms with van der Waals surface area (Å²) in [5, 5.41) is 0. The van der Waals surface area contributed by atoms with Crippen molar-refractivity contribution in [1.82, 2.24) is 0 Å². The van der Waals surface area contributed by atoms with Crippen molar-refractivity contribution in [3.8, 4) is 5.75 Å². The highest BCUT2D eigenvalue weighted by atomic mass is 19.1. The molecule has 0 bridgehead atoms. The maximum absolute atomic E-state index is 14.0. The van der Waals surface area contributed by atoms with Gasteiger partial charge < -0.3 is 4.74 Å². The van der Waals surface area contributed by atoms with Crippen LogP contribution in [0.1, 0.15) is 21.5 Å². The monoisotopic (exact) mass is 280 g/mol. The molecule has 0 atom stereocenters. The molecule has 2 rings (SSSR count). The normalized spacial score (nSPS) is 10.4. The van der Waals surface area contributed by atoms with Crippen molar-refractivity contribution in [1.29, 1.82) is 0 Å². The minimum absolute atomic E-state index is 0.109. The molecule has 0 aliphatic carbocycles. The number of benzene rings is 2. The van der Waals surface area contributed by atoms with Crippen molar-refractivity contribution in [3.63, 3.8) is 0 Å². The van der Waals surface area contributed by atoms with Crippen LogP contribution in [-0.2, 0) is 0 Å². The van der Waals surface area contributed by atoms with Gasteiger partial charge in [0.05, 0.1) is 18.2 Å². The lowest BCUT2D eigenvalue weighted by Crippen LogP contribution is -2.11. The van der Waals surface area contributed by atoms with Gasteiger partial charge in [0.2, 0.25) is 5.78 Å². The fourth-order valence-electron chi connectivity index (χ4n) is 1.84. The van der Waals surface area contributed by atoms with Crippen molar-refractivity contribution in [2.24, 2.45) is 0 Å². The number of hydrogen-bond donors (Lipinski definition) is 0. The second-order valence-corrected chi connectivity index (χ2v) is 4.20. The molecule has 0 unspecified atom stereocenters. The van der Waals surface area contributed by atoms with Crippen LogP contribution < -0.4 is 4.74 Å². The van der Waals surface area contributed by atoms with E-state index < -0.39 is 34.4 Å². The zero-order chi connectivity index (χ0) is 14.9. The van der Waals surface area contributed by atoms with Gasteiger partial charge in [-0.25, -0.2) is 13.2 Å². The van der Waals surface area contributed by atoms with Crippen molar-refractivity contribution in [2.75, 3.05) is 7.11 Å². The highest BCUT2D eigenvalue weighted by molar-refractivity contribution is 6.09. The Morgan fingerprint density at radius 1 is 1.05 bits per heavy atom. The summed E-state index contributed by atoms with van der Waals surface area (Å²) in [4.78, 5) is 12.2. The summed E-state index contributed by atoms with van der Waals surface area (Å²) in [5.41, 5.74) is -1.09. The lowest BCUT2D eigenvalue weighted by atomic mass is 9.99. The van der Waals surface area contributed by atoms with Crippen LogP contribution in [0, 0.1) is 24.4 Å². The van der Waals surface area contributed by atoms with E-state index in [0.29, 0.717) is 0 Å². The minimum Gasteiger partial charge on any atom is -0.494 e. The van der Waals surface area contributed by atoms with Gasteiger partial charge in [0, 0.05) is 0 Å². The maximum Gasteiger partial charge on any atom is 0.202 e. The molecule has 0 spiro atoms. The molecule has 0 aliphatic heterocycles. The second kappa shape index (κ2) is 5.36. The predicted octanol–water partition coefficient (Wildman–Crippen LogP) is 3.65. The van der Waals surface area contributed by atoms with E-state index in [-0.39, 0.29) is 11.3 Å².